The van der Waals surface area contributed by atoms with E-state index in [4.69, 9.17) is 11.6 Å². The lowest BCUT2D eigenvalue weighted by molar-refractivity contribution is -0.392. The van der Waals surface area contributed by atoms with Crippen molar-refractivity contribution in [3.8, 4) is 0 Å². The second-order valence-corrected chi connectivity index (χ2v) is 1.91. The van der Waals surface area contributed by atoms with Crippen molar-refractivity contribution in [2.24, 2.45) is 0 Å². The van der Waals surface area contributed by atoms with Crippen molar-refractivity contribution in [3.63, 3.8) is 0 Å². The average molecular weight is 178 g/mol. The molecule has 7 heteroatoms. The zero-order valence-electron chi connectivity index (χ0n) is 4.99. The van der Waals surface area contributed by atoms with Crippen LogP contribution in [-0.4, -0.2) is 14.9 Å². The standard InChI is InChI=1S/C4HClFN3O2/c5-4-7-1-2(6)3(8-4)9(10)11/h1H. The molecule has 0 bridgehead atoms. The maximum absolute atomic E-state index is 12.4. The van der Waals surface area contributed by atoms with Crippen LogP contribution in [0.2, 0.25) is 5.28 Å². The van der Waals surface area contributed by atoms with Crippen LogP contribution in [0.4, 0.5) is 10.2 Å². The van der Waals surface area contributed by atoms with Gasteiger partial charge in [0.2, 0.25) is 5.82 Å². The quantitative estimate of drug-likeness (QED) is 0.367. The summed E-state index contributed by atoms with van der Waals surface area (Å²) in [5.41, 5.74) is 0. The Hall–Kier alpha value is -1.30. The summed E-state index contributed by atoms with van der Waals surface area (Å²) in [6.45, 7) is 0. The summed E-state index contributed by atoms with van der Waals surface area (Å²) in [6, 6.07) is 0. The SMILES string of the molecule is O=[N+]([O-])c1nc(Cl)ncc1F. The smallest absolute Gasteiger partial charge is 0.358 e. The first-order chi connectivity index (χ1) is 5.11. The van der Waals surface area contributed by atoms with Gasteiger partial charge in [-0.2, -0.15) is 9.37 Å². The fraction of sp³-hybridized carbons (Fsp3) is 0. The number of halogens is 2. The Morgan fingerprint density at radius 1 is 1.73 bits per heavy atom. The van der Waals surface area contributed by atoms with Gasteiger partial charge in [0.1, 0.15) is 0 Å². The highest BCUT2D eigenvalue weighted by molar-refractivity contribution is 6.28. The molecule has 0 unspecified atom stereocenters. The van der Waals surface area contributed by atoms with E-state index in [1.807, 2.05) is 0 Å². The third kappa shape index (κ3) is 1.58. The number of rotatable bonds is 1. The van der Waals surface area contributed by atoms with Crippen molar-refractivity contribution in [1.29, 1.82) is 0 Å². The van der Waals surface area contributed by atoms with Crippen molar-refractivity contribution >= 4 is 17.4 Å². The summed E-state index contributed by atoms with van der Waals surface area (Å²) in [5.74, 6) is -2.01. The second kappa shape index (κ2) is 2.75. The van der Waals surface area contributed by atoms with E-state index in [2.05, 4.69) is 9.97 Å². The fourth-order valence-corrected chi connectivity index (χ4v) is 0.594. The Labute approximate surface area is 65.0 Å². The van der Waals surface area contributed by atoms with Crippen LogP contribution in [-0.2, 0) is 0 Å². The molecule has 0 aliphatic heterocycles. The maximum Gasteiger partial charge on any atom is 0.404 e. The van der Waals surface area contributed by atoms with Crippen LogP contribution in [0, 0.1) is 15.9 Å². The lowest BCUT2D eigenvalue weighted by Crippen LogP contribution is -1.97. The third-order valence-corrected chi connectivity index (χ3v) is 1.05. The van der Waals surface area contributed by atoms with E-state index in [1.165, 1.54) is 0 Å². The first kappa shape index (κ1) is 7.80. The van der Waals surface area contributed by atoms with Gasteiger partial charge in [0, 0.05) is 0 Å². The highest BCUT2D eigenvalue weighted by Gasteiger charge is 2.17. The van der Waals surface area contributed by atoms with Gasteiger partial charge in [0.15, 0.2) is 0 Å². The minimum Gasteiger partial charge on any atom is -0.358 e. The molecule has 0 aliphatic carbocycles. The van der Waals surface area contributed by atoms with Gasteiger partial charge in [-0.15, -0.1) is 0 Å². The Morgan fingerprint density at radius 2 is 2.36 bits per heavy atom. The molecule has 0 saturated heterocycles. The normalized spacial score (nSPS) is 9.64. The highest BCUT2D eigenvalue weighted by atomic mass is 35.5. The molecule has 0 aliphatic rings. The van der Waals surface area contributed by atoms with Gasteiger partial charge in [0.05, 0.1) is 6.20 Å². The molecule has 1 heterocycles. The molecular formula is C4HClFN3O2. The predicted octanol–water partition coefficient (Wildman–Crippen LogP) is 1.18. The van der Waals surface area contributed by atoms with Crippen LogP contribution in [0.1, 0.15) is 0 Å². The fourth-order valence-electron chi connectivity index (χ4n) is 0.465. The van der Waals surface area contributed by atoms with Crippen LogP contribution in [0.5, 0.6) is 0 Å². The van der Waals surface area contributed by atoms with Gasteiger partial charge in [-0.25, -0.2) is 0 Å². The molecule has 0 N–H and O–H groups in total. The molecule has 0 spiro atoms. The highest BCUT2D eigenvalue weighted by Crippen LogP contribution is 2.13. The molecule has 1 aromatic rings. The lowest BCUT2D eigenvalue weighted by atomic mass is 10.6. The van der Waals surface area contributed by atoms with Crippen molar-refractivity contribution in [3.05, 3.63) is 27.4 Å². The minimum absolute atomic E-state index is 0.349. The van der Waals surface area contributed by atoms with Gasteiger partial charge < -0.3 is 10.1 Å². The monoisotopic (exact) mass is 177 g/mol. The van der Waals surface area contributed by atoms with Gasteiger partial charge in [-0.05, 0) is 21.5 Å². The summed E-state index contributed by atoms with van der Waals surface area (Å²) < 4.78 is 12.4. The molecule has 0 aromatic carbocycles. The number of hydrogen-bond donors (Lipinski definition) is 0. The van der Waals surface area contributed by atoms with E-state index in [-0.39, 0.29) is 5.28 Å². The number of aromatic nitrogens is 2. The summed E-state index contributed by atoms with van der Waals surface area (Å²) in [5, 5.41) is 9.64. The first-order valence-electron chi connectivity index (χ1n) is 2.43. The lowest BCUT2D eigenvalue weighted by Gasteiger charge is -1.91. The van der Waals surface area contributed by atoms with Gasteiger partial charge in [-0.3, -0.25) is 0 Å². The Balaban J connectivity index is 3.23. The van der Waals surface area contributed by atoms with E-state index >= 15 is 0 Å². The molecule has 0 amide bonds. The Morgan fingerprint density at radius 3 is 2.82 bits per heavy atom. The van der Waals surface area contributed by atoms with Gasteiger partial charge in [0.25, 0.3) is 0 Å². The third-order valence-electron chi connectivity index (χ3n) is 0.869. The molecule has 0 atom stereocenters. The molecular weight excluding hydrogens is 177 g/mol. The van der Waals surface area contributed by atoms with Gasteiger partial charge in [-0.1, -0.05) is 0 Å². The summed E-state index contributed by atoms with van der Waals surface area (Å²) in [7, 11) is 0. The van der Waals surface area contributed by atoms with Crippen LogP contribution in [0.3, 0.4) is 0 Å². The van der Waals surface area contributed by atoms with Crippen LogP contribution >= 0.6 is 11.6 Å². The van der Waals surface area contributed by atoms with E-state index in [1.54, 1.807) is 0 Å². The first-order valence-corrected chi connectivity index (χ1v) is 2.81. The zero-order chi connectivity index (χ0) is 8.43. The summed E-state index contributed by atoms with van der Waals surface area (Å²) in [6.07, 6.45) is 0.646. The van der Waals surface area contributed by atoms with E-state index in [0.717, 1.165) is 0 Å². The summed E-state index contributed by atoms with van der Waals surface area (Å²) in [4.78, 5) is 15.3. The minimum atomic E-state index is -1.10. The molecule has 5 nitrogen and oxygen atoms in total. The predicted molar refractivity (Wildman–Crippen MR) is 33.7 cm³/mol. The zero-order valence-corrected chi connectivity index (χ0v) is 5.75. The average Bonchev–Trinajstić information content (AvgIpc) is 1.94. The van der Waals surface area contributed by atoms with E-state index in [0.29, 0.717) is 6.20 Å². The number of nitrogens with zero attached hydrogens (tertiary/aromatic N) is 3. The van der Waals surface area contributed by atoms with E-state index < -0.39 is 16.6 Å². The molecule has 58 valence electrons. The topological polar surface area (TPSA) is 68.9 Å². The summed E-state index contributed by atoms with van der Waals surface area (Å²) >= 11 is 5.17. The Bertz CT molecular complexity index is 305. The van der Waals surface area contributed by atoms with Crippen LogP contribution in [0.25, 0.3) is 0 Å². The molecule has 11 heavy (non-hydrogen) atoms. The number of hydrogen-bond acceptors (Lipinski definition) is 4. The van der Waals surface area contributed by atoms with Crippen molar-refractivity contribution in [1.82, 2.24) is 9.97 Å². The van der Waals surface area contributed by atoms with Crippen molar-refractivity contribution in [2.45, 2.75) is 0 Å². The van der Waals surface area contributed by atoms with Gasteiger partial charge >= 0.3 is 11.1 Å². The molecule has 1 rings (SSSR count). The number of nitro groups is 1. The van der Waals surface area contributed by atoms with Crippen molar-refractivity contribution in [2.75, 3.05) is 0 Å². The van der Waals surface area contributed by atoms with E-state index in [9.17, 15) is 14.5 Å². The second-order valence-electron chi connectivity index (χ2n) is 1.57. The molecule has 0 fully saturated rings. The molecule has 1 aromatic heterocycles. The van der Waals surface area contributed by atoms with Crippen molar-refractivity contribution < 1.29 is 9.31 Å². The van der Waals surface area contributed by atoms with Crippen LogP contribution < -0.4 is 0 Å². The molecule has 0 radical (unpaired) electrons. The largest absolute Gasteiger partial charge is 0.404 e. The van der Waals surface area contributed by atoms with Crippen LogP contribution in [0.15, 0.2) is 6.20 Å². The Kier molecular flexibility index (Phi) is 1.95. The molecule has 0 saturated carbocycles. The maximum atomic E-state index is 12.4.